The summed E-state index contributed by atoms with van der Waals surface area (Å²) in [6, 6.07) is 5.11. The van der Waals surface area contributed by atoms with E-state index in [1.165, 1.54) is 17.0 Å². The van der Waals surface area contributed by atoms with Crippen LogP contribution in [0, 0.1) is 0 Å². The van der Waals surface area contributed by atoms with Crippen molar-refractivity contribution >= 4 is 6.09 Å². The summed E-state index contributed by atoms with van der Waals surface area (Å²) < 4.78 is 44.9. The Labute approximate surface area is 140 Å². The van der Waals surface area contributed by atoms with Crippen LogP contribution in [0.1, 0.15) is 31.9 Å². The summed E-state index contributed by atoms with van der Waals surface area (Å²) in [4.78, 5) is 13.9. The van der Waals surface area contributed by atoms with Crippen molar-refractivity contribution in [3.63, 3.8) is 0 Å². The van der Waals surface area contributed by atoms with Crippen LogP contribution < -0.4 is 5.32 Å². The van der Waals surface area contributed by atoms with E-state index in [-0.39, 0.29) is 18.0 Å². The molecule has 1 aliphatic heterocycles. The molecule has 1 aliphatic rings. The molecule has 0 radical (unpaired) electrons. The van der Waals surface area contributed by atoms with Crippen LogP contribution in [-0.4, -0.2) is 42.3 Å². The summed E-state index contributed by atoms with van der Waals surface area (Å²) in [5, 5.41) is 3.13. The first-order valence-electron chi connectivity index (χ1n) is 7.93. The highest BCUT2D eigenvalue weighted by Crippen LogP contribution is 2.32. The largest absolute Gasteiger partial charge is 0.444 e. The monoisotopic (exact) mass is 344 g/mol. The normalized spacial score (nSPS) is 19.2. The van der Waals surface area contributed by atoms with Crippen LogP contribution in [-0.2, 0) is 17.3 Å². The quantitative estimate of drug-likeness (QED) is 0.893. The summed E-state index contributed by atoms with van der Waals surface area (Å²) in [5.41, 5.74) is -1.11. The van der Waals surface area contributed by atoms with Crippen molar-refractivity contribution in [2.45, 2.75) is 45.0 Å². The van der Waals surface area contributed by atoms with Crippen LogP contribution >= 0.6 is 0 Å². The Kier molecular flexibility index (Phi) is 5.42. The lowest BCUT2D eigenvalue weighted by Gasteiger charge is -2.37. The minimum absolute atomic E-state index is 0.127. The molecule has 2 rings (SSSR count). The molecule has 1 fully saturated rings. The van der Waals surface area contributed by atoms with E-state index in [2.05, 4.69) is 5.32 Å². The SMILES string of the molecule is CC(C)(C)OC(=O)N1CCNC[C@H]1Cc1ccccc1C(F)(F)F. The Balaban J connectivity index is 2.19. The number of piperazine rings is 1. The molecular formula is C17H23F3N2O2. The molecule has 0 unspecified atom stereocenters. The number of hydrogen-bond acceptors (Lipinski definition) is 3. The number of carbonyl (C=O) groups excluding carboxylic acids is 1. The molecule has 4 nitrogen and oxygen atoms in total. The molecule has 1 atom stereocenters. The smallest absolute Gasteiger partial charge is 0.416 e. The standard InChI is InChI=1S/C17H23F3N2O2/c1-16(2,3)24-15(23)22-9-8-21-11-13(22)10-12-6-4-5-7-14(12)17(18,19)20/h4-7,13,21H,8-11H2,1-3H3/t13-/m1/s1. The first-order chi connectivity index (χ1) is 11.1. The fourth-order valence-electron chi connectivity index (χ4n) is 2.73. The number of ether oxygens (including phenoxy) is 1. The molecule has 0 bridgehead atoms. The van der Waals surface area contributed by atoms with Gasteiger partial charge in [0, 0.05) is 19.6 Å². The molecule has 1 aromatic rings. The van der Waals surface area contributed by atoms with Crippen molar-refractivity contribution < 1.29 is 22.7 Å². The fraction of sp³-hybridized carbons (Fsp3) is 0.588. The average molecular weight is 344 g/mol. The van der Waals surface area contributed by atoms with E-state index in [1.54, 1.807) is 26.8 Å². The van der Waals surface area contributed by atoms with Crippen LogP contribution in [0.25, 0.3) is 0 Å². The van der Waals surface area contributed by atoms with Crippen LogP contribution in [0.4, 0.5) is 18.0 Å². The van der Waals surface area contributed by atoms with Crippen molar-refractivity contribution in [1.29, 1.82) is 0 Å². The number of alkyl halides is 3. The third-order valence-corrected chi connectivity index (χ3v) is 3.76. The molecule has 134 valence electrons. The molecule has 1 aromatic carbocycles. The van der Waals surface area contributed by atoms with Crippen LogP contribution in [0.2, 0.25) is 0 Å². The predicted molar refractivity (Wildman–Crippen MR) is 84.7 cm³/mol. The van der Waals surface area contributed by atoms with Crippen LogP contribution in [0.15, 0.2) is 24.3 Å². The maximum Gasteiger partial charge on any atom is 0.416 e. The minimum Gasteiger partial charge on any atom is -0.444 e. The predicted octanol–water partition coefficient (Wildman–Crippen LogP) is 3.46. The third kappa shape index (κ3) is 4.87. The highest BCUT2D eigenvalue weighted by Gasteiger charge is 2.36. The second kappa shape index (κ2) is 7.01. The Morgan fingerprint density at radius 2 is 1.96 bits per heavy atom. The molecule has 0 spiro atoms. The van der Waals surface area contributed by atoms with E-state index in [0.717, 1.165) is 6.07 Å². The van der Waals surface area contributed by atoms with E-state index in [9.17, 15) is 18.0 Å². The van der Waals surface area contributed by atoms with E-state index in [1.807, 2.05) is 0 Å². The first-order valence-corrected chi connectivity index (χ1v) is 7.93. The summed E-state index contributed by atoms with van der Waals surface area (Å²) in [5.74, 6) is 0. The second-order valence-corrected chi connectivity index (χ2v) is 6.89. The van der Waals surface area contributed by atoms with Gasteiger partial charge in [-0.05, 0) is 38.8 Å². The molecule has 0 saturated carbocycles. The Bertz CT molecular complexity index is 582. The zero-order valence-electron chi connectivity index (χ0n) is 14.1. The van der Waals surface area contributed by atoms with Crippen molar-refractivity contribution in [2.75, 3.05) is 19.6 Å². The Morgan fingerprint density at radius 3 is 2.58 bits per heavy atom. The number of halogens is 3. The molecular weight excluding hydrogens is 321 g/mol. The number of carbonyl (C=O) groups is 1. The summed E-state index contributed by atoms with van der Waals surface area (Å²) >= 11 is 0. The van der Waals surface area contributed by atoms with Gasteiger partial charge in [0.1, 0.15) is 5.60 Å². The number of benzene rings is 1. The van der Waals surface area contributed by atoms with E-state index >= 15 is 0 Å². The molecule has 0 aliphatic carbocycles. The van der Waals surface area contributed by atoms with Crippen molar-refractivity contribution in [1.82, 2.24) is 10.2 Å². The summed E-state index contributed by atoms with van der Waals surface area (Å²) in [6.45, 7) is 6.74. The first kappa shape index (κ1) is 18.6. The summed E-state index contributed by atoms with van der Waals surface area (Å²) in [6.07, 6.45) is -4.77. The highest BCUT2D eigenvalue weighted by molar-refractivity contribution is 5.69. The van der Waals surface area contributed by atoms with Gasteiger partial charge in [-0.15, -0.1) is 0 Å². The van der Waals surface area contributed by atoms with Gasteiger partial charge in [-0.25, -0.2) is 4.79 Å². The van der Waals surface area contributed by atoms with Crippen molar-refractivity contribution in [3.05, 3.63) is 35.4 Å². The van der Waals surface area contributed by atoms with Gasteiger partial charge in [0.05, 0.1) is 11.6 Å². The molecule has 1 N–H and O–H groups in total. The Hall–Kier alpha value is -1.76. The molecule has 7 heteroatoms. The van der Waals surface area contributed by atoms with Gasteiger partial charge < -0.3 is 15.0 Å². The zero-order valence-corrected chi connectivity index (χ0v) is 14.1. The highest BCUT2D eigenvalue weighted by atomic mass is 19.4. The number of rotatable bonds is 2. The maximum absolute atomic E-state index is 13.2. The van der Waals surface area contributed by atoms with Gasteiger partial charge in [0.15, 0.2) is 0 Å². The molecule has 0 aromatic heterocycles. The van der Waals surface area contributed by atoms with Crippen LogP contribution in [0.5, 0.6) is 0 Å². The van der Waals surface area contributed by atoms with Gasteiger partial charge in [-0.1, -0.05) is 18.2 Å². The topological polar surface area (TPSA) is 41.6 Å². The lowest BCUT2D eigenvalue weighted by atomic mass is 9.98. The number of nitrogens with zero attached hydrogens (tertiary/aromatic N) is 1. The third-order valence-electron chi connectivity index (χ3n) is 3.76. The van der Waals surface area contributed by atoms with E-state index in [4.69, 9.17) is 4.74 Å². The van der Waals surface area contributed by atoms with E-state index in [0.29, 0.717) is 19.6 Å². The minimum atomic E-state index is -4.41. The average Bonchev–Trinajstić information content (AvgIpc) is 2.45. The number of amides is 1. The van der Waals surface area contributed by atoms with Crippen molar-refractivity contribution in [2.24, 2.45) is 0 Å². The van der Waals surface area contributed by atoms with Crippen LogP contribution in [0.3, 0.4) is 0 Å². The Morgan fingerprint density at radius 1 is 1.29 bits per heavy atom. The lowest BCUT2D eigenvalue weighted by molar-refractivity contribution is -0.138. The van der Waals surface area contributed by atoms with Gasteiger partial charge in [-0.2, -0.15) is 13.2 Å². The van der Waals surface area contributed by atoms with Gasteiger partial charge in [0.2, 0.25) is 0 Å². The second-order valence-electron chi connectivity index (χ2n) is 6.89. The van der Waals surface area contributed by atoms with Crippen molar-refractivity contribution in [3.8, 4) is 0 Å². The van der Waals surface area contributed by atoms with Gasteiger partial charge in [0.25, 0.3) is 0 Å². The van der Waals surface area contributed by atoms with Gasteiger partial charge in [-0.3, -0.25) is 0 Å². The molecule has 1 saturated heterocycles. The molecule has 1 amide bonds. The van der Waals surface area contributed by atoms with E-state index < -0.39 is 23.4 Å². The maximum atomic E-state index is 13.2. The molecule has 24 heavy (non-hydrogen) atoms. The van der Waals surface area contributed by atoms with Gasteiger partial charge >= 0.3 is 12.3 Å². The lowest BCUT2D eigenvalue weighted by Crippen LogP contribution is -2.55. The summed E-state index contributed by atoms with van der Waals surface area (Å²) in [7, 11) is 0. The molecule has 1 heterocycles. The zero-order chi connectivity index (χ0) is 18.0. The fourth-order valence-corrected chi connectivity index (χ4v) is 2.73. The number of nitrogens with one attached hydrogen (secondary N) is 1. The number of hydrogen-bond donors (Lipinski definition) is 1.